The summed E-state index contributed by atoms with van der Waals surface area (Å²) in [4.78, 5) is 0. The molecule has 74 valence electrons. The molecule has 0 unspecified atom stereocenters. The van der Waals surface area contributed by atoms with E-state index >= 15 is 0 Å². The van der Waals surface area contributed by atoms with Crippen LogP contribution in [0.2, 0.25) is 0 Å². The lowest BCUT2D eigenvalue weighted by Crippen LogP contribution is -2.27. The number of aliphatic hydroxyl groups is 1. The zero-order valence-electron chi connectivity index (χ0n) is 6.27. The fourth-order valence-corrected chi connectivity index (χ4v) is 1.28. The highest BCUT2D eigenvalue weighted by molar-refractivity contribution is 5.85. The molecule has 1 rings (SSSR count). The second-order valence-electron chi connectivity index (χ2n) is 3.02. The highest BCUT2D eigenvalue weighted by Gasteiger charge is 2.65. The van der Waals surface area contributed by atoms with Gasteiger partial charge in [0, 0.05) is 12.0 Å². The van der Waals surface area contributed by atoms with Gasteiger partial charge in [-0.05, 0) is 6.42 Å². The maximum absolute atomic E-state index is 11.9. The zero-order valence-corrected chi connectivity index (χ0v) is 7.08. The number of aliphatic hydroxyl groups excluding tert-OH is 1. The van der Waals surface area contributed by atoms with Gasteiger partial charge in [0.2, 0.25) is 0 Å². The fraction of sp³-hybridized carbons (Fsp3) is 1.00. The van der Waals surface area contributed by atoms with Gasteiger partial charge in [-0.25, -0.2) is 0 Å². The van der Waals surface area contributed by atoms with Crippen molar-refractivity contribution < 1.29 is 18.3 Å². The van der Waals surface area contributed by atoms with E-state index in [9.17, 15) is 13.2 Å². The van der Waals surface area contributed by atoms with Crippen LogP contribution in [0.15, 0.2) is 0 Å². The number of nitrogens with two attached hydrogens (primary N) is 1. The van der Waals surface area contributed by atoms with Crippen molar-refractivity contribution in [1.29, 1.82) is 0 Å². The molecule has 0 aliphatic heterocycles. The molecule has 0 amide bonds. The third kappa shape index (κ3) is 1.84. The van der Waals surface area contributed by atoms with Crippen LogP contribution in [0.4, 0.5) is 13.2 Å². The molecular formula is C6H11ClF3NO. The molecule has 1 saturated carbocycles. The lowest BCUT2D eigenvalue weighted by atomic mass is 10.1. The van der Waals surface area contributed by atoms with Gasteiger partial charge in [-0.1, -0.05) is 0 Å². The predicted octanol–water partition coefficient (Wildman–Crippen LogP) is 0.928. The molecule has 0 bridgehead atoms. The number of hydrogen-bond donors (Lipinski definition) is 2. The van der Waals surface area contributed by atoms with E-state index in [2.05, 4.69) is 0 Å². The molecular weight excluding hydrogens is 195 g/mol. The first-order valence-electron chi connectivity index (χ1n) is 3.34. The number of halogens is 4. The molecule has 0 heterocycles. The summed E-state index contributed by atoms with van der Waals surface area (Å²) in [6.07, 6.45) is -4.22. The van der Waals surface area contributed by atoms with E-state index in [4.69, 9.17) is 10.8 Å². The Morgan fingerprint density at radius 1 is 1.50 bits per heavy atom. The van der Waals surface area contributed by atoms with Crippen molar-refractivity contribution in [2.24, 2.45) is 17.1 Å². The summed E-state index contributed by atoms with van der Waals surface area (Å²) in [5.74, 6) is -1.38. The molecule has 1 aliphatic carbocycles. The highest BCUT2D eigenvalue weighted by Crippen LogP contribution is 2.59. The third-order valence-corrected chi connectivity index (χ3v) is 2.31. The summed E-state index contributed by atoms with van der Waals surface area (Å²) >= 11 is 0. The quantitative estimate of drug-likeness (QED) is 0.705. The number of alkyl halides is 3. The van der Waals surface area contributed by atoms with Gasteiger partial charge in [0.05, 0.1) is 12.5 Å². The van der Waals surface area contributed by atoms with Crippen molar-refractivity contribution >= 4 is 12.4 Å². The molecule has 6 heteroatoms. The smallest absolute Gasteiger partial charge is 0.392 e. The van der Waals surface area contributed by atoms with Crippen LogP contribution in [0.3, 0.4) is 0 Å². The maximum Gasteiger partial charge on any atom is 0.392 e. The normalized spacial score (nSPS) is 34.2. The monoisotopic (exact) mass is 205 g/mol. The van der Waals surface area contributed by atoms with Crippen LogP contribution in [0, 0.1) is 11.3 Å². The molecule has 0 saturated heterocycles. The Kier molecular flexibility index (Phi) is 3.40. The van der Waals surface area contributed by atoms with E-state index in [1.807, 2.05) is 0 Å². The SMILES string of the molecule is Cl.NC[C@@]1(CO)C[C@H]1C(F)(F)F. The minimum Gasteiger partial charge on any atom is -0.396 e. The third-order valence-electron chi connectivity index (χ3n) is 2.31. The highest BCUT2D eigenvalue weighted by atomic mass is 35.5. The lowest BCUT2D eigenvalue weighted by Gasteiger charge is -2.12. The average molecular weight is 206 g/mol. The van der Waals surface area contributed by atoms with Crippen molar-refractivity contribution in [2.45, 2.75) is 12.6 Å². The summed E-state index contributed by atoms with van der Waals surface area (Å²) in [7, 11) is 0. The summed E-state index contributed by atoms with van der Waals surface area (Å²) in [5.41, 5.74) is 4.05. The van der Waals surface area contributed by atoms with Crippen LogP contribution in [-0.4, -0.2) is 24.4 Å². The molecule has 0 radical (unpaired) electrons. The van der Waals surface area contributed by atoms with E-state index in [1.54, 1.807) is 0 Å². The molecule has 3 N–H and O–H groups in total. The van der Waals surface area contributed by atoms with E-state index < -0.39 is 24.1 Å². The Morgan fingerprint density at radius 3 is 2.08 bits per heavy atom. The van der Waals surface area contributed by atoms with Crippen LogP contribution < -0.4 is 5.73 Å². The number of hydrogen-bond acceptors (Lipinski definition) is 2. The standard InChI is InChI=1S/C6H10F3NO.ClH/c7-6(8,9)4-1-5(4,2-10)3-11;/h4,11H,1-3,10H2;1H/t4-,5-;/m1./s1. The Balaban J connectivity index is 0.00000121. The molecule has 0 aromatic rings. The molecule has 0 spiro atoms. The first-order chi connectivity index (χ1) is 4.96. The van der Waals surface area contributed by atoms with Gasteiger partial charge in [-0.2, -0.15) is 13.2 Å². The topological polar surface area (TPSA) is 46.2 Å². The van der Waals surface area contributed by atoms with Crippen LogP contribution in [0.1, 0.15) is 6.42 Å². The Morgan fingerprint density at radius 2 is 2.00 bits per heavy atom. The van der Waals surface area contributed by atoms with Crippen LogP contribution in [0.5, 0.6) is 0 Å². The number of rotatable bonds is 2. The minimum absolute atomic E-state index is 0. The van der Waals surface area contributed by atoms with Gasteiger partial charge in [0.25, 0.3) is 0 Å². The molecule has 1 aliphatic rings. The predicted molar refractivity (Wildman–Crippen MR) is 40.0 cm³/mol. The molecule has 12 heavy (non-hydrogen) atoms. The Hall–Kier alpha value is -0.0000000000000000555. The summed E-state index contributed by atoms with van der Waals surface area (Å²) in [5, 5.41) is 8.61. The molecule has 0 aromatic heterocycles. The minimum atomic E-state index is -4.19. The lowest BCUT2D eigenvalue weighted by molar-refractivity contribution is -0.157. The molecule has 2 atom stereocenters. The second kappa shape index (κ2) is 3.40. The van der Waals surface area contributed by atoms with Gasteiger partial charge in [-0.3, -0.25) is 0 Å². The van der Waals surface area contributed by atoms with Gasteiger partial charge >= 0.3 is 6.18 Å². The van der Waals surface area contributed by atoms with Crippen LogP contribution in [0.25, 0.3) is 0 Å². The van der Waals surface area contributed by atoms with Gasteiger partial charge in [-0.15, -0.1) is 12.4 Å². The Labute approximate surface area is 74.3 Å². The van der Waals surface area contributed by atoms with Crippen LogP contribution in [-0.2, 0) is 0 Å². The second-order valence-corrected chi connectivity index (χ2v) is 3.02. The fourth-order valence-electron chi connectivity index (χ4n) is 1.28. The van der Waals surface area contributed by atoms with Crippen molar-refractivity contribution in [2.75, 3.05) is 13.2 Å². The van der Waals surface area contributed by atoms with E-state index in [-0.39, 0.29) is 25.4 Å². The maximum atomic E-state index is 11.9. The van der Waals surface area contributed by atoms with Gasteiger partial charge < -0.3 is 10.8 Å². The van der Waals surface area contributed by atoms with E-state index in [0.717, 1.165) is 0 Å². The molecule has 0 aromatic carbocycles. The van der Waals surface area contributed by atoms with Crippen molar-refractivity contribution in [3.05, 3.63) is 0 Å². The van der Waals surface area contributed by atoms with Crippen molar-refractivity contribution in [3.63, 3.8) is 0 Å². The summed E-state index contributed by atoms with van der Waals surface area (Å²) in [6.45, 7) is -0.554. The molecule has 1 fully saturated rings. The van der Waals surface area contributed by atoms with Crippen molar-refractivity contribution in [3.8, 4) is 0 Å². The Bertz CT molecular complexity index is 157. The van der Waals surface area contributed by atoms with Crippen LogP contribution >= 0.6 is 12.4 Å². The van der Waals surface area contributed by atoms with Gasteiger partial charge in [0.15, 0.2) is 0 Å². The summed E-state index contributed by atoms with van der Waals surface area (Å²) < 4.78 is 35.8. The molecule has 2 nitrogen and oxygen atoms in total. The summed E-state index contributed by atoms with van der Waals surface area (Å²) in [6, 6.07) is 0. The average Bonchev–Trinajstić information content (AvgIpc) is 2.61. The van der Waals surface area contributed by atoms with E-state index in [1.165, 1.54) is 0 Å². The van der Waals surface area contributed by atoms with E-state index in [0.29, 0.717) is 0 Å². The van der Waals surface area contributed by atoms with Gasteiger partial charge in [0.1, 0.15) is 0 Å². The first kappa shape index (κ1) is 12.0. The largest absolute Gasteiger partial charge is 0.396 e. The van der Waals surface area contributed by atoms with Crippen molar-refractivity contribution in [1.82, 2.24) is 0 Å². The first-order valence-corrected chi connectivity index (χ1v) is 3.34. The zero-order chi connectivity index (χ0) is 8.70.